The van der Waals surface area contributed by atoms with E-state index >= 15 is 0 Å². The van der Waals surface area contributed by atoms with Gasteiger partial charge >= 0.3 is 0 Å². The Morgan fingerprint density at radius 2 is 1.76 bits per heavy atom. The monoisotopic (exact) mass is 240 g/mol. The van der Waals surface area contributed by atoms with Gasteiger partial charge in [0.1, 0.15) is 5.78 Å². The van der Waals surface area contributed by atoms with Crippen LogP contribution in [0.15, 0.2) is 12.1 Å². The Labute approximate surface area is 101 Å². The number of aryl methyl sites for hydroxylation is 2. The highest BCUT2D eigenvalue weighted by Crippen LogP contribution is 2.21. The molecule has 0 bridgehead atoms. The lowest BCUT2D eigenvalue weighted by atomic mass is 9.87. The number of hydrogen-bond acceptors (Lipinski definition) is 1. The molecule has 0 fully saturated rings. The fourth-order valence-corrected chi connectivity index (χ4v) is 1.50. The molecule has 1 aromatic carbocycles. The third-order valence-electron chi connectivity index (χ3n) is 2.81. The molecule has 0 N–H and O–H groups in total. The van der Waals surface area contributed by atoms with Crippen molar-refractivity contribution in [1.82, 2.24) is 0 Å². The Morgan fingerprint density at radius 3 is 2.29 bits per heavy atom. The molecule has 0 atom stereocenters. The van der Waals surface area contributed by atoms with E-state index in [4.69, 9.17) is 0 Å². The first-order chi connectivity index (χ1) is 7.73. The van der Waals surface area contributed by atoms with Gasteiger partial charge in [-0.2, -0.15) is 0 Å². The van der Waals surface area contributed by atoms with E-state index in [2.05, 4.69) is 0 Å². The summed E-state index contributed by atoms with van der Waals surface area (Å²) in [5.74, 6) is -1.59. The van der Waals surface area contributed by atoms with E-state index in [1.807, 2.05) is 20.8 Å². The van der Waals surface area contributed by atoms with E-state index in [0.717, 1.165) is 0 Å². The highest BCUT2D eigenvalue weighted by Gasteiger charge is 2.21. The largest absolute Gasteiger partial charge is 0.299 e. The Bertz CT molecular complexity index is 431. The van der Waals surface area contributed by atoms with Gasteiger partial charge in [0, 0.05) is 11.8 Å². The van der Waals surface area contributed by atoms with Crippen molar-refractivity contribution in [3.8, 4) is 0 Å². The highest BCUT2D eigenvalue weighted by atomic mass is 19.2. The minimum Gasteiger partial charge on any atom is -0.299 e. The third kappa shape index (κ3) is 3.35. The maximum absolute atomic E-state index is 13.5. The zero-order valence-corrected chi connectivity index (χ0v) is 10.7. The molecule has 1 nitrogen and oxygen atoms in total. The molecule has 17 heavy (non-hydrogen) atoms. The first kappa shape index (κ1) is 13.8. The van der Waals surface area contributed by atoms with Crippen molar-refractivity contribution in [1.29, 1.82) is 0 Å². The van der Waals surface area contributed by atoms with E-state index in [9.17, 15) is 13.6 Å². The first-order valence-electron chi connectivity index (χ1n) is 5.70. The van der Waals surface area contributed by atoms with Gasteiger partial charge in [-0.1, -0.05) is 32.9 Å². The summed E-state index contributed by atoms with van der Waals surface area (Å²) in [6, 6.07) is 3.08. The van der Waals surface area contributed by atoms with Gasteiger partial charge in [0.2, 0.25) is 0 Å². The summed E-state index contributed by atoms with van der Waals surface area (Å²) in [7, 11) is 0. The number of halogens is 2. The molecule has 94 valence electrons. The van der Waals surface area contributed by atoms with Gasteiger partial charge < -0.3 is 0 Å². The fourth-order valence-electron chi connectivity index (χ4n) is 1.50. The number of carbonyl (C=O) groups is 1. The molecule has 0 saturated carbocycles. The van der Waals surface area contributed by atoms with Gasteiger partial charge in [-0.05, 0) is 24.5 Å². The Morgan fingerprint density at radius 1 is 1.18 bits per heavy atom. The number of Topliss-reactive ketones (excluding diaryl/α,β-unsaturated/α-hetero) is 1. The van der Waals surface area contributed by atoms with Gasteiger partial charge in [-0.25, -0.2) is 8.78 Å². The minimum atomic E-state index is -0.827. The average Bonchev–Trinajstić information content (AvgIpc) is 2.23. The quantitative estimate of drug-likeness (QED) is 0.785. The maximum Gasteiger partial charge on any atom is 0.162 e. The van der Waals surface area contributed by atoms with Crippen LogP contribution in [-0.2, 0) is 11.2 Å². The molecular weight excluding hydrogens is 222 g/mol. The molecule has 1 aromatic rings. The van der Waals surface area contributed by atoms with E-state index in [0.29, 0.717) is 0 Å². The van der Waals surface area contributed by atoms with Crippen LogP contribution in [0.5, 0.6) is 0 Å². The average molecular weight is 240 g/mol. The smallest absolute Gasteiger partial charge is 0.162 e. The zero-order valence-electron chi connectivity index (χ0n) is 10.7. The molecule has 0 radical (unpaired) electrons. The lowest BCUT2D eigenvalue weighted by Crippen LogP contribution is -2.20. The van der Waals surface area contributed by atoms with Crippen molar-refractivity contribution >= 4 is 5.78 Å². The van der Waals surface area contributed by atoms with E-state index in [1.165, 1.54) is 13.0 Å². The minimum absolute atomic E-state index is 0.0536. The molecule has 0 spiro atoms. The molecule has 0 aromatic heterocycles. The van der Waals surface area contributed by atoms with Crippen LogP contribution in [0.4, 0.5) is 8.78 Å². The predicted octanol–water partition coefficient (Wildman–Crippen LogP) is 3.82. The standard InChI is InChI=1S/C14H18F2O/c1-9-5-6-10(13(16)12(9)15)7-8-11(17)14(2,3)4/h5-6H,7-8H2,1-4H3. The van der Waals surface area contributed by atoms with Crippen LogP contribution in [0, 0.1) is 24.0 Å². The van der Waals surface area contributed by atoms with Crippen molar-refractivity contribution < 1.29 is 13.6 Å². The van der Waals surface area contributed by atoms with Crippen molar-refractivity contribution in [3.63, 3.8) is 0 Å². The molecule has 3 heteroatoms. The molecule has 0 aliphatic heterocycles. The molecule has 0 amide bonds. The van der Waals surface area contributed by atoms with Gasteiger partial charge in [0.15, 0.2) is 11.6 Å². The number of ketones is 1. The van der Waals surface area contributed by atoms with E-state index < -0.39 is 17.0 Å². The van der Waals surface area contributed by atoms with Gasteiger partial charge in [0.05, 0.1) is 0 Å². The normalized spacial score (nSPS) is 11.6. The van der Waals surface area contributed by atoms with Crippen LogP contribution < -0.4 is 0 Å². The Hall–Kier alpha value is -1.25. The Kier molecular flexibility index (Phi) is 4.02. The summed E-state index contributed by atoms with van der Waals surface area (Å²) < 4.78 is 26.8. The maximum atomic E-state index is 13.5. The third-order valence-corrected chi connectivity index (χ3v) is 2.81. The second kappa shape index (κ2) is 4.94. The van der Waals surface area contributed by atoms with E-state index in [-0.39, 0.29) is 29.8 Å². The van der Waals surface area contributed by atoms with Gasteiger partial charge in [-0.3, -0.25) is 4.79 Å². The van der Waals surface area contributed by atoms with Gasteiger partial charge in [0.25, 0.3) is 0 Å². The van der Waals surface area contributed by atoms with Crippen LogP contribution in [0.25, 0.3) is 0 Å². The zero-order chi connectivity index (χ0) is 13.2. The van der Waals surface area contributed by atoms with Crippen LogP contribution >= 0.6 is 0 Å². The van der Waals surface area contributed by atoms with Crippen LogP contribution in [0.2, 0.25) is 0 Å². The molecule has 0 aliphatic carbocycles. The van der Waals surface area contributed by atoms with Crippen LogP contribution in [-0.4, -0.2) is 5.78 Å². The predicted molar refractivity (Wildman–Crippen MR) is 63.9 cm³/mol. The van der Waals surface area contributed by atoms with E-state index in [1.54, 1.807) is 6.07 Å². The molecule has 0 aliphatic rings. The lowest BCUT2D eigenvalue weighted by Gasteiger charge is -2.16. The van der Waals surface area contributed by atoms with Crippen molar-refractivity contribution in [2.45, 2.75) is 40.5 Å². The number of carbonyl (C=O) groups excluding carboxylic acids is 1. The summed E-state index contributed by atoms with van der Waals surface area (Å²) in [6.07, 6.45) is 0.488. The number of rotatable bonds is 3. The fraction of sp³-hybridized carbons (Fsp3) is 0.500. The summed E-state index contributed by atoms with van der Waals surface area (Å²) in [6.45, 7) is 6.98. The molecule has 0 heterocycles. The molecule has 0 saturated heterocycles. The number of hydrogen-bond donors (Lipinski definition) is 0. The van der Waals surface area contributed by atoms with Crippen molar-refractivity contribution in [3.05, 3.63) is 34.9 Å². The van der Waals surface area contributed by atoms with Crippen LogP contribution in [0.3, 0.4) is 0 Å². The van der Waals surface area contributed by atoms with Gasteiger partial charge in [-0.15, -0.1) is 0 Å². The molecule has 0 unspecified atom stereocenters. The SMILES string of the molecule is Cc1ccc(CCC(=O)C(C)(C)C)c(F)c1F. The van der Waals surface area contributed by atoms with Crippen molar-refractivity contribution in [2.24, 2.45) is 5.41 Å². The summed E-state index contributed by atoms with van der Waals surface area (Å²) >= 11 is 0. The lowest BCUT2D eigenvalue weighted by molar-refractivity contribution is -0.126. The summed E-state index contributed by atoms with van der Waals surface area (Å²) in [4.78, 5) is 11.7. The second-order valence-electron chi connectivity index (χ2n) is 5.34. The molecular formula is C14H18F2O. The second-order valence-corrected chi connectivity index (χ2v) is 5.34. The molecule has 1 rings (SSSR count). The summed E-state index contributed by atoms with van der Waals surface area (Å²) in [5.41, 5.74) is 0.124. The Balaban J connectivity index is 2.78. The first-order valence-corrected chi connectivity index (χ1v) is 5.70. The highest BCUT2D eigenvalue weighted by molar-refractivity contribution is 5.83. The topological polar surface area (TPSA) is 17.1 Å². The number of benzene rings is 1. The van der Waals surface area contributed by atoms with Crippen LogP contribution in [0.1, 0.15) is 38.3 Å². The van der Waals surface area contributed by atoms with Crippen molar-refractivity contribution in [2.75, 3.05) is 0 Å². The summed E-state index contributed by atoms with van der Waals surface area (Å²) in [5, 5.41) is 0.